The van der Waals surface area contributed by atoms with E-state index in [1.165, 1.54) is 13.2 Å². The molecular formula is C20H19BrN4O4. The molecule has 2 amide bonds. The Bertz CT molecular complexity index is 1020. The number of carbonyl (C=O) groups excluding carboxylic acids is 2. The average molecular weight is 459 g/mol. The number of nitrogens with zero attached hydrogens (tertiary/aromatic N) is 1. The number of aromatic amines is 1. The Morgan fingerprint density at radius 2 is 1.76 bits per heavy atom. The lowest BCUT2D eigenvalue weighted by atomic mass is 10.1. The maximum Gasteiger partial charge on any atom is 0.287 e. The molecule has 0 saturated carbocycles. The molecule has 1 aromatic heterocycles. The predicted molar refractivity (Wildman–Crippen MR) is 111 cm³/mol. The van der Waals surface area contributed by atoms with E-state index in [1.807, 2.05) is 31.2 Å². The summed E-state index contributed by atoms with van der Waals surface area (Å²) >= 11 is 3.37. The van der Waals surface area contributed by atoms with Gasteiger partial charge in [-0.2, -0.15) is 5.10 Å². The molecule has 0 atom stereocenters. The lowest BCUT2D eigenvalue weighted by molar-refractivity contribution is 0.0843. The normalized spacial score (nSPS) is 10.3. The van der Waals surface area contributed by atoms with Crippen molar-refractivity contribution in [2.45, 2.75) is 6.92 Å². The van der Waals surface area contributed by atoms with Crippen LogP contribution in [0, 0.1) is 0 Å². The third kappa shape index (κ3) is 4.94. The van der Waals surface area contributed by atoms with Gasteiger partial charge in [-0.25, -0.2) is 0 Å². The van der Waals surface area contributed by atoms with E-state index in [9.17, 15) is 9.59 Å². The van der Waals surface area contributed by atoms with Gasteiger partial charge < -0.3 is 9.47 Å². The van der Waals surface area contributed by atoms with Crippen molar-refractivity contribution in [1.29, 1.82) is 0 Å². The van der Waals surface area contributed by atoms with Gasteiger partial charge >= 0.3 is 0 Å². The Labute approximate surface area is 175 Å². The summed E-state index contributed by atoms with van der Waals surface area (Å²) < 4.78 is 11.6. The summed E-state index contributed by atoms with van der Waals surface area (Å²) in [5.74, 6) is -0.0495. The number of benzene rings is 2. The van der Waals surface area contributed by atoms with Gasteiger partial charge in [0.05, 0.1) is 19.4 Å². The van der Waals surface area contributed by atoms with Crippen LogP contribution in [0.4, 0.5) is 0 Å². The first kappa shape index (κ1) is 20.4. The smallest absolute Gasteiger partial charge is 0.287 e. The van der Waals surface area contributed by atoms with E-state index in [4.69, 9.17) is 9.47 Å². The first-order chi connectivity index (χ1) is 14.0. The minimum absolute atomic E-state index is 0.215. The molecule has 150 valence electrons. The van der Waals surface area contributed by atoms with Crippen LogP contribution in [0.25, 0.3) is 11.3 Å². The van der Waals surface area contributed by atoms with Crippen molar-refractivity contribution < 1.29 is 19.1 Å². The van der Waals surface area contributed by atoms with Gasteiger partial charge in [0.1, 0.15) is 5.69 Å². The van der Waals surface area contributed by atoms with E-state index < -0.39 is 11.8 Å². The molecular weight excluding hydrogens is 440 g/mol. The topological polar surface area (TPSA) is 105 Å². The fourth-order valence-electron chi connectivity index (χ4n) is 2.54. The maximum atomic E-state index is 12.3. The van der Waals surface area contributed by atoms with Crippen molar-refractivity contribution in [3.8, 4) is 22.8 Å². The van der Waals surface area contributed by atoms with Crippen molar-refractivity contribution in [2.75, 3.05) is 13.7 Å². The first-order valence-electron chi connectivity index (χ1n) is 8.74. The van der Waals surface area contributed by atoms with E-state index in [2.05, 4.69) is 37.0 Å². The van der Waals surface area contributed by atoms with E-state index in [-0.39, 0.29) is 5.69 Å². The molecule has 0 bridgehead atoms. The molecule has 3 rings (SSSR count). The summed E-state index contributed by atoms with van der Waals surface area (Å²) in [6.07, 6.45) is 0. The largest absolute Gasteiger partial charge is 0.493 e. The van der Waals surface area contributed by atoms with Crippen LogP contribution < -0.4 is 20.3 Å². The average Bonchev–Trinajstić information content (AvgIpc) is 3.23. The molecule has 0 fully saturated rings. The molecule has 9 heteroatoms. The number of ether oxygens (including phenoxy) is 2. The molecule has 0 aliphatic rings. The predicted octanol–water partition coefficient (Wildman–Crippen LogP) is 3.32. The number of methoxy groups -OCH3 is 1. The van der Waals surface area contributed by atoms with E-state index in [0.29, 0.717) is 29.4 Å². The van der Waals surface area contributed by atoms with E-state index in [0.717, 1.165) is 10.0 Å². The molecule has 0 aliphatic carbocycles. The van der Waals surface area contributed by atoms with Crippen LogP contribution >= 0.6 is 15.9 Å². The van der Waals surface area contributed by atoms with E-state index in [1.54, 1.807) is 18.2 Å². The molecule has 0 radical (unpaired) electrons. The Balaban J connectivity index is 1.63. The highest BCUT2D eigenvalue weighted by atomic mass is 79.9. The van der Waals surface area contributed by atoms with Crippen molar-refractivity contribution in [3.63, 3.8) is 0 Å². The van der Waals surface area contributed by atoms with Crippen molar-refractivity contribution in [1.82, 2.24) is 21.0 Å². The second-order valence-corrected chi connectivity index (χ2v) is 6.80. The highest BCUT2D eigenvalue weighted by Crippen LogP contribution is 2.28. The molecule has 8 nitrogen and oxygen atoms in total. The van der Waals surface area contributed by atoms with Crippen LogP contribution in [-0.4, -0.2) is 35.7 Å². The molecule has 0 unspecified atom stereocenters. The number of hydrogen-bond acceptors (Lipinski definition) is 5. The minimum atomic E-state index is -0.521. The standard InChI is InChI=1S/C20H19BrN4O4/c1-3-29-17-9-6-13(10-18(17)28-2)19(26)24-25-20(27)16-11-15(22-23-16)12-4-7-14(21)8-5-12/h4-11H,3H2,1-2H3,(H,22,23)(H,24,26)(H,25,27). The molecule has 0 saturated heterocycles. The third-order valence-electron chi connectivity index (χ3n) is 3.98. The number of carbonyl (C=O) groups is 2. The lowest BCUT2D eigenvalue weighted by Gasteiger charge is -2.11. The summed E-state index contributed by atoms with van der Waals surface area (Å²) in [6, 6.07) is 13.9. The number of hydrogen-bond donors (Lipinski definition) is 3. The van der Waals surface area contributed by atoms with Gasteiger partial charge in [0.25, 0.3) is 11.8 Å². The molecule has 2 aromatic carbocycles. The Kier molecular flexibility index (Phi) is 6.50. The summed E-state index contributed by atoms with van der Waals surface area (Å²) in [6.45, 7) is 2.33. The van der Waals surface area contributed by atoms with E-state index >= 15 is 0 Å². The van der Waals surface area contributed by atoms with Gasteiger partial charge in [-0.3, -0.25) is 25.5 Å². The number of hydrazine groups is 1. The Morgan fingerprint density at radius 1 is 1.03 bits per heavy atom. The van der Waals surface area contributed by atoms with Crippen LogP contribution in [0.15, 0.2) is 53.0 Å². The lowest BCUT2D eigenvalue weighted by Crippen LogP contribution is -2.41. The Hall–Kier alpha value is -3.33. The van der Waals surface area contributed by atoms with Crippen molar-refractivity contribution in [2.24, 2.45) is 0 Å². The zero-order valence-corrected chi connectivity index (χ0v) is 17.4. The zero-order valence-electron chi connectivity index (χ0n) is 15.8. The quantitative estimate of drug-likeness (QED) is 0.491. The van der Waals surface area contributed by atoms with Gasteiger partial charge in [0.15, 0.2) is 11.5 Å². The monoisotopic (exact) mass is 458 g/mol. The SMILES string of the molecule is CCOc1ccc(C(=O)NNC(=O)c2cc(-c3ccc(Br)cc3)n[nH]2)cc1OC. The number of halogens is 1. The minimum Gasteiger partial charge on any atom is -0.493 e. The van der Waals surface area contributed by atoms with Crippen LogP contribution in [0.5, 0.6) is 11.5 Å². The number of nitrogens with one attached hydrogen (secondary N) is 3. The highest BCUT2D eigenvalue weighted by Gasteiger charge is 2.14. The number of H-pyrrole nitrogens is 1. The van der Waals surface area contributed by atoms with Gasteiger partial charge in [0.2, 0.25) is 0 Å². The summed E-state index contributed by atoms with van der Waals surface area (Å²) in [7, 11) is 1.49. The van der Waals surface area contributed by atoms with Crippen molar-refractivity contribution in [3.05, 3.63) is 64.3 Å². The van der Waals surface area contributed by atoms with Crippen molar-refractivity contribution >= 4 is 27.7 Å². The molecule has 29 heavy (non-hydrogen) atoms. The van der Waals surface area contributed by atoms with Gasteiger partial charge in [0, 0.05) is 15.6 Å². The Morgan fingerprint density at radius 3 is 2.45 bits per heavy atom. The molecule has 1 heterocycles. The summed E-state index contributed by atoms with van der Waals surface area (Å²) in [4.78, 5) is 24.6. The first-order valence-corrected chi connectivity index (χ1v) is 9.54. The third-order valence-corrected chi connectivity index (χ3v) is 4.51. The molecule has 0 aliphatic heterocycles. The molecule has 3 aromatic rings. The summed E-state index contributed by atoms with van der Waals surface area (Å²) in [5, 5.41) is 6.79. The van der Waals surface area contributed by atoms with Gasteiger partial charge in [-0.1, -0.05) is 28.1 Å². The van der Waals surface area contributed by atoms with Crippen LogP contribution in [0.3, 0.4) is 0 Å². The van der Waals surface area contributed by atoms with Crippen LogP contribution in [-0.2, 0) is 0 Å². The van der Waals surface area contributed by atoms with Crippen LogP contribution in [0.2, 0.25) is 0 Å². The van der Waals surface area contributed by atoms with Crippen LogP contribution in [0.1, 0.15) is 27.8 Å². The summed E-state index contributed by atoms with van der Waals surface area (Å²) in [5.41, 5.74) is 6.72. The fourth-order valence-corrected chi connectivity index (χ4v) is 2.81. The van der Waals surface area contributed by atoms with Gasteiger partial charge in [-0.15, -0.1) is 0 Å². The second kappa shape index (κ2) is 9.24. The number of amides is 2. The molecule has 0 spiro atoms. The fraction of sp³-hybridized carbons (Fsp3) is 0.150. The van der Waals surface area contributed by atoms with Gasteiger partial charge in [-0.05, 0) is 43.3 Å². The number of rotatable bonds is 6. The highest BCUT2D eigenvalue weighted by molar-refractivity contribution is 9.10. The number of aromatic nitrogens is 2. The maximum absolute atomic E-state index is 12.3. The zero-order chi connectivity index (χ0) is 20.8. The molecule has 3 N–H and O–H groups in total. The second-order valence-electron chi connectivity index (χ2n) is 5.88.